The third-order valence-electron chi connectivity index (χ3n) is 3.42. The van der Waals surface area contributed by atoms with Crippen molar-refractivity contribution in [2.75, 3.05) is 20.8 Å². The molecule has 5 nitrogen and oxygen atoms in total. The highest BCUT2D eigenvalue weighted by Gasteiger charge is 2.18. The first-order chi connectivity index (χ1) is 10.6. The molecule has 22 heavy (non-hydrogen) atoms. The summed E-state index contributed by atoms with van der Waals surface area (Å²) in [6, 6.07) is 3.68. The summed E-state index contributed by atoms with van der Waals surface area (Å²) in [6.45, 7) is 2.32. The van der Waals surface area contributed by atoms with Gasteiger partial charge in [-0.25, -0.2) is 0 Å². The van der Waals surface area contributed by atoms with Crippen LogP contribution in [-0.4, -0.2) is 37.5 Å². The van der Waals surface area contributed by atoms with Crippen molar-refractivity contribution in [3.8, 4) is 11.5 Å². The lowest BCUT2D eigenvalue weighted by Crippen LogP contribution is -2.37. The predicted molar refractivity (Wildman–Crippen MR) is 83.8 cm³/mol. The van der Waals surface area contributed by atoms with E-state index < -0.39 is 0 Å². The van der Waals surface area contributed by atoms with Crippen molar-refractivity contribution < 1.29 is 19.1 Å². The van der Waals surface area contributed by atoms with Gasteiger partial charge < -0.3 is 9.47 Å². The van der Waals surface area contributed by atoms with Gasteiger partial charge in [0.2, 0.25) is 0 Å². The minimum atomic E-state index is -0.318. The molecule has 1 aliphatic rings. The third-order valence-corrected chi connectivity index (χ3v) is 3.42. The highest BCUT2D eigenvalue weighted by Crippen LogP contribution is 2.32. The summed E-state index contributed by atoms with van der Waals surface area (Å²) >= 11 is 0. The number of rotatable bonds is 4. The fourth-order valence-electron chi connectivity index (χ4n) is 2.34. The van der Waals surface area contributed by atoms with Crippen LogP contribution in [0.25, 0.3) is 6.08 Å². The van der Waals surface area contributed by atoms with Crippen LogP contribution < -0.4 is 9.47 Å². The van der Waals surface area contributed by atoms with Gasteiger partial charge in [-0.1, -0.05) is 6.08 Å². The largest absolute Gasteiger partial charge is 0.493 e. The number of amides is 2. The number of methoxy groups -OCH3 is 2. The number of imide groups is 1. The van der Waals surface area contributed by atoms with E-state index in [1.165, 1.54) is 17.1 Å². The van der Waals surface area contributed by atoms with Crippen LogP contribution in [0.5, 0.6) is 11.5 Å². The van der Waals surface area contributed by atoms with Gasteiger partial charge in [0.15, 0.2) is 11.5 Å². The Bertz CT molecular complexity index is 646. The quantitative estimate of drug-likeness (QED) is 0.801. The van der Waals surface area contributed by atoms with Crippen LogP contribution in [0.4, 0.5) is 0 Å². The van der Waals surface area contributed by atoms with Crippen molar-refractivity contribution in [2.45, 2.75) is 13.3 Å². The maximum atomic E-state index is 12.1. The first-order valence-corrected chi connectivity index (χ1v) is 6.99. The van der Waals surface area contributed by atoms with Crippen molar-refractivity contribution in [1.82, 2.24) is 4.90 Å². The molecule has 0 bridgehead atoms. The van der Waals surface area contributed by atoms with Crippen molar-refractivity contribution in [2.24, 2.45) is 0 Å². The van der Waals surface area contributed by atoms with Crippen molar-refractivity contribution in [3.63, 3.8) is 0 Å². The number of hydrogen-bond donors (Lipinski definition) is 0. The monoisotopic (exact) mass is 301 g/mol. The van der Waals surface area contributed by atoms with E-state index in [0.717, 1.165) is 11.1 Å². The van der Waals surface area contributed by atoms with E-state index in [2.05, 4.69) is 0 Å². The molecule has 0 atom stereocenters. The molecule has 1 aromatic rings. The first kappa shape index (κ1) is 15.8. The van der Waals surface area contributed by atoms with Crippen LogP contribution in [0.15, 0.2) is 30.4 Å². The van der Waals surface area contributed by atoms with Crippen LogP contribution in [0.2, 0.25) is 0 Å². The van der Waals surface area contributed by atoms with Gasteiger partial charge in [-0.15, -0.1) is 0 Å². The minimum absolute atomic E-state index is 0.274. The molecule has 116 valence electrons. The summed E-state index contributed by atoms with van der Waals surface area (Å²) in [4.78, 5) is 24.9. The van der Waals surface area contributed by atoms with E-state index in [4.69, 9.17) is 9.47 Å². The normalized spacial score (nSPS) is 14.5. The standard InChI is InChI=1S/C17H19NO4/c1-12-10-13(11-14(21-2)17(12)22-3)7-8-16(20)18-9-5-4-6-15(18)19/h4,6-8,10-11H,5,9H2,1-3H3/b8-7+. The topological polar surface area (TPSA) is 55.8 Å². The van der Waals surface area contributed by atoms with Crippen LogP contribution in [0, 0.1) is 6.92 Å². The van der Waals surface area contributed by atoms with Crippen molar-refractivity contribution >= 4 is 17.9 Å². The number of aryl methyl sites for hydroxylation is 1. The summed E-state index contributed by atoms with van der Waals surface area (Å²) in [5, 5.41) is 0. The second-order valence-corrected chi connectivity index (χ2v) is 4.93. The van der Waals surface area contributed by atoms with E-state index in [-0.39, 0.29) is 11.8 Å². The molecule has 0 aliphatic carbocycles. The van der Waals surface area contributed by atoms with Crippen LogP contribution >= 0.6 is 0 Å². The van der Waals surface area contributed by atoms with Gasteiger partial charge in [0.05, 0.1) is 14.2 Å². The maximum Gasteiger partial charge on any atom is 0.253 e. The molecular weight excluding hydrogens is 282 g/mol. The molecule has 0 fully saturated rings. The fourth-order valence-corrected chi connectivity index (χ4v) is 2.34. The second kappa shape index (κ2) is 6.93. The van der Waals surface area contributed by atoms with E-state index >= 15 is 0 Å². The van der Waals surface area contributed by atoms with E-state index in [9.17, 15) is 9.59 Å². The Morgan fingerprint density at radius 3 is 2.68 bits per heavy atom. The smallest absolute Gasteiger partial charge is 0.253 e. The van der Waals surface area contributed by atoms with Crippen molar-refractivity contribution in [1.29, 1.82) is 0 Å². The molecular formula is C17H19NO4. The number of hydrogen-bond acceptors (Lipinski definition) is 4. The summed E-state index contributed by atoms with van der Waals surface area (Å²) < 4.78 is 10.6. The van der Waals surface area contributed by atoms with Gasteiger partial charge in [-0.05, 0) is 48.8 Å². The SMILES string of the molecule is COc1cc(/C=C/C(=O)N2CCC=CC2=O)cc(C)c1OC. The average Bonchev–Trinajstić information content (AvgIpc) is 2.52. The molecule has 2 rings (SSSR count). The Morgan fingerprint density at radius 2 is 2.05 bits per heavy atom. The molecule has 1 heterocycles. The Kier molecular flexibility index (Phi) is 4.99. The number of ether oxygens (including phenoxy) is 2. The Hall–Kier alpha value is -2.56. The fraction of sp³-hybridized carbons (Fsp3) is 0.294. The lowest BCUT2D eigenvalue weighted by molar-refractivity contribution is -0.139. The summed E-state index contributed by atoms with van der Waals surface area (Å²) in [6.07, 6.45) is 6.96. The molecule has 1 aliphatic heterocycles. The number of carbonyl (C=O) groups excluding carboxylic acids is 2. The van der Waals surface area contributed by atoms with Crippen LogP contribution in [-0.2, 0) is 9.59 Å². The molecule has 0 radical (unpaired) electrons. The Labute approximate surface area is 129 Å². The van der Waals surface area contributed by atoms with E-state index in [0.29, 0.717) is 24.5 Å². The lowest BCUT2D eigenvalue weighted by Gasteiger charge is -2.19. The van der Waals surface area contributed by atoms with Crippen molar-refractivity contribution in [3.05, 3.63) is 41.5 Å². The zero-order valence-corrected chi connectivity index (χ0v) is 13.0. The maximum absolute atomic E-state index is 12.1. The molecule has 1 aromatic carbocycles. The molecule has 0 spiro atoms. The molecule has 0 unspecified atom stereocenters. The third kappa shape index (κ3) is 3.36. The van der Waals surface area contributed by atoms with E-state index in [1.807, 2.05) is 13.0 Å². The van der Waals surface area contributed by atoms with Crippen LogP contribution in [0.3, 0.4) is 0 Å². The first-order valence-electron chi connectivity index (χ1n) is 6.99. The van der Waals surface area contributed by atoms with E-state index in [1.54, 1.807) is 32.4 Å². The molecule has 0 saturated carbocycles. The molecule has 0 aromatic heterocycles. The lowest BCUT2D eigenvalue weighted by atomic mass is 10.1. The number of carbonyl (C=O) groups is 2. The highest BCUT2D eigenvalue weighted by molar-refractivity contribution is 6.06. The molecule has 2 amide bonds. The minimum Gasteiger partial charge on any atom is -0.493 e. The zero-order valence-electron chi connectivity index (χ0n) is 13.0. The summed E-state index contributed by atoms with van der Waals surface area (Å²) in [5.41, 5.74) is 1.72. The number of nitrogens with zero attached hydrogens (tertiary/aromatic N) is 1. The average molecular weight is 301 g/mol. The predicted octanol–water partition coefficient (Wildman–Crippen LogP) is 2.34. The molecule has 0 N–H and O–H groups in total. The van der Waals surface area contributed by atoms with Gasteiger partial charge in [-0.2, -0.15) is 0 Å². The van der Waals surface area contributed by atoms with Crippen LogP contribution in [0.1, 0.15) is 17.5 Å². The van der Waals surface area contributed by atoms with Gasteiger partial charge in [0.25, 0.3) is 11.8 Å². The summed E-state index contributed by atoms with van der Waals surface area (Å²) in [7, 11) is 3.15. The highest BCUT2D eigenvalue weighted by atomic mass is 16.5. The molecule has 0 saturated heterocycles. The molecule has 5 heteroatoms. The van der Waals surface area contributed by atoms with Gasteiger partial charge in [-0.3, -0.25) is 14.5 Å². The van der Waals surface area contributed by atoms with Gasteiger partial charge in [0.1, 0.15) is 0 Å². The Balaban J connectivity index is 2.19. The second-order valence-electron chi connectivity index (χ2n) is 4.93. The van der Waals surface area contributed by atoms with Gasteiger partial charge >= 0.3 is 0 Å². The Morgan fingerprint density at radius 1 is 1.27 bits per heavy atom. The number of benzene rings is 1. The zero-order chi connectivity index (χ0) is 16.1. The van der Waals surface area contributed by atoms with Gasteiger partial charge in [0, 0.05) is 12.6 Å². The summed E-state index contributed by atoms with van der Waals surface area (Å²) in [5.74, 6) is 0.681.